The van der Waals surface area contributed by atoms with Gasteiger partial charge in [0, 0.05) is 48.7 Å². The fourth-order valence-corrected chi connectivity index (χ4v) is 4.21. The van der Waals surface area contributed by atoms with E-state index in [1.807, 2.05) is 59.1 Å². The monoisotopic (exact) mass is 413 g/mol. The van der Waals surface area contributed by atoms with Crippen LogP contribution in [0.25, 0.3) is 11.3 Å². The van der Waals surface area contributed by atoms with Crippen molar-refractivity contribution in [2.45, 2.75) is 32.4 Å². The zero-order valence-corrected chi connectivity index (χ0v) is 18.1. The molecular formula is C25H27N5O. The standard InChI is InChI=1S/C25H27N5O/c1-17-13-23(28-21-9-6-19(7-10-21)5-4-12-26)22-14-20(24-15-29(3)16-27-24)8-11-25(22)30(17)18(2)31/h6-11,14-17,23,28H,12-13,26H2,1-3H3/t17-,23+/m0/s1. The molecule has 3 aromatic rings. The maximum Gasteiger partial charge on any atom is 0.224 e. The molecule has 2 aromatic carbocycles. The zero-order valence-electron chi connectivity index (χ0n) is 18.1. The predicted molar refractivity (Wildman–Crippen MR) is 125 cm³/mol. The van der Waals surface area contributed by atoms with Gasteiger partial charge in [-0.3, -0.25) is 4.79 Å². The maximum atomic E-state index is 12.4. The summed E-state index contributed by atoms with van der Waals surface area (Å²) in [7, 11) is 1.96. The molecule has 158 valence electrons. The number of carbonyl (C=O) groups is 1. The second kappa shape index (κ2) is 8.66. The molecular weight excluding hydrogens is 386 g/mol. The van der Waals surface area contributed by atoms with Crippen LogP contribution in [0.4, 0.5) is 11.4 Å². The van der Waals surface area contributed by atoms with E-state index in [9.17, 15) is 4.79 Å². The van der Waals surface area contributed by atoms with E-state index in [1.54, 1.807) is 13.3 Å². The molecule has 2 atom stereocenters. The highest BCUT2D eigenvalue weighted by Gasteiger charge is 2.32. The first-order valence-electron chi connectivity index (χ1n) is 10.4. The van der Waals surface area contributed by atoms with Gasteiger partial charge in [-0.1, -0.05) is 17.9 Å². The van der Waals surface area contributed by atoms with Gasteiger partial charge in [0.15, 0.2) is 0 Å². The quantitative estimate of drug-likeness (QED) is 0.642. The Morgan fingerprint density at radius 3 is 2.68 bits per heavy atom. The highest BCUT2D eigenvalue weighted by Crippen LogP contribution is 2.41. The lowest BCUT2D eigenvalue weighted by Gasteiger charge is -2.39. The van der Waals surface area contributed by atoms with Crippen LogP contribution in [0.1, 0.15) is 37.4 Å². The minimum absolute atomic E-state index is 0.0561. The van der Waals surface area contributed by atoms with Crippen molar-refractivity contribution in [3.05, 3.63) is 66.1 Å². The zero-order chi connectivity index (χ0) is 22.0. The van der Waals surface area contributed by atoms with Crippen molar-refractivity contribution in [2.24, 2.45) is 12.8 Å². The Hall–Kier alpha value is -3.56. The Balaban J connectivity index is 1.70. The lowest BCUT2D eigenvalue weighted by molar-refractivity contribution is -0.117. The highest BCUT2D eigenvalue weighted by atomic mass is 16.2. The van der Waals surface area contributed by atoms with Gasteiger partial charge >= 0.3 is 0 Å². The van der Waals surface area contributed by atoms with Crippen molar-refractivity contribution in [1.82, 2.24) is 9.55 Å². The second-order valence-corrected chi connectivity index (χ2v) is 7.95. The number of nitrogens with two attached hydrogens (primary N) is 1. The Kier molecular flexibility index (Phi) is 5.79. The molecule has 0 saturated heterocycles. The van der Waals surface area contributed by atoms with Crippen LogP contribution < -0.4 is 16.0 Å². The molecule has 4 rings (SSSR count). The van der Waals surface area contributed by atoms with Gasteiger partial charge < -0.3 is 20.5 Å². The van der Waals surface area contributed by atoms with Gasteiger partial charge in [0.1, 0.15) is 0 Å². The van der Waals surface area contributed by atoms with Gasteiger partial charge in [-0.15, -0.1) is 0 Å². The van der Waals surface area contributed by atoms with Crippen LogP contribution in [0.2, 0.25) is 0 Å². The van der Waals surface area contributed by atoms with E-state index in [1.165, 1.54) is 0 Å². The van der Waals surface area contributed by atoms with E-state index in [0.29, 0.717) is 6.54 Å². The van der Waals surface area contributed by atoms with E-state index >= 15 is 0 Å². The third-order valence-corrected chi connectivity index (χ3v) is 5.58. The summed E-state index contributed by atoms with van der Waals surface area (Å²) in [4.78, 5) is 18.8. The van der Waals surface area contributed by atoms with Crippen LogP contribution >= 0.6 is 0 Å². The lowest BCUT2D eigenvalue weighted by atomic mass is 9.89. The maximum absolute atomic E-state index is 12.4. The number of fused-ring (bicyclic) bond motifs is 1. The van der Waals surface area contributed by atoms with Gasteiger partial charge in [-0.25, -0.2) is 4.98 Å². The Bertz CT molecular complexity index is 1150. The largest absolute Gasteiger partial charge is 0.378 e. The summed E-state index contributed by atoms with van der Waals surface area (Å²) in [6.07, 6.45) is 4.61. The number of hydrogen-bond acceptors (Lipinski definition) is 4. The van der Waals surface area contributed by atoms with Gasteiger partial charge in [0.2, 0.25) is 5.91 Å². The summed E-state index contributed by atoms with van der Waals surface area (Å²) in [5.74, 6) is 5.98. The minimum Gasteiger partial charge on any atom is -0.378 e. The fourth-order valence-electron chi connectivity index (χ4n) is 4.21. The molecule has 1 aliphatic heterocycles. The molecule has 2 heterocycles. The third-order valence-electron chi connectivity index (χ3n) is 5.58. The average Bonchev–Trinajstić information content (AvgIpc) is 3.19. The predicted octanol–water partition coefficient (Wildman–Crippen LogP) is 3.70. The molecule has 6 heteroatoms. The normalized spacial score (nSPS) is 17.5. The Labute approximate surface area is 183 Å². The smallest absolute Gasteiger partial charge is 0.224 e. The van der Waals surface area contributed by atoms with E-state index in [0.717, 1.165) is 40.2 Å². The number of hydrogen-bond donors (Lipinski definition) is 2. The molecule has 1 aromatic heterocycles. The Morgan fingerprint density at radius 1 is 1.26 bits per heavy atom. The van der Waals surface area contributed by atoms with E-state index in [4.69, 9.17) is 5.73 Å². The molecule has 31 heavy (non-hydrogen) atoms. The first-order chi connectivity index (χ1) is 15.0. The van der Waals surface area contributed by atoms with Gasteiger partial charge in [0.25, 0.3) is 0 Å². The molecule has 0 radical (unpaired) electrons. The number of nitrogens with one attached hydrogen (secondary N) is 1. The number of aromatic nitrogens is 2. The molecule has 1 amide bonds. The van der Waals surface area contributed by atoms with E-state index in [2.05, 4.69) is 35.1 Å². The van der Waals surface area contributed by atoms with Crippen LogP contribution in [0.15, 0.2) is 55.0 Å². The van der Waals surface area contributed by atoms with Gasteiger partial charge in [-0.05, 0) is 55.3 Å². The molecule has 0 spiro atoms. The number of aryl methyl sites for hydroxylation is 1. The number of imidazole rings is 1. The summed E-state index contributed by atoms with van der Waals surface area (Å²) < 4.78 is 1.93. The van der Waals surface area contributed by atoms with Crippen molar-refractivity contribution < 1.29 is 4.79 Å². The van der Waals surface area contributed by atoms with Gasteiger partial charge in [-0.2, -0.15) is 0 Å². The number of carbonyl (C=O) groups excluding carboxylic acids is 1. The molecule has 0 aliphatic carbocycles. The molecule has 6 nitrogen and oxygen atoms in total. The molecule has 0 saturated carbocycles. The number of benzene rings is 2. The van der Waals surface area contributed by atoms with Crippen LogP contribution in [-0.2, 0) is 11.8 Å². The van der Waals surface area contributed by atoms with Crippen molar-refractivity contribution in [3.8, 4) is 23.1 Å². The van der Waals surface area contributed by atoms with Crippen molar-refractivity contribution in [3.63, 3.8) is 0 Å². The molecule has 0 bridgehead atoms. The first kappa shape index (κ1) is 20.7. The van der Waals surface area contributed by atoms with Crippen molar-refractivity contribution >= 4 is 17.3 Å². The van der Waals surface area contributed by atoms with Crippen LogP contribution in [0, 0.1) is 11.8 Å². The highest BCUT2D eigenvalue weighted by molar-refractivity contribution is 5.94. The van der Waals surface area contributed by atoms with Crippen LogP contribution in [0.3, 0.4) is 0 Å². The molecule has 1 aliphatic rings. The van der Waals surface area contributed by atoms with Crippen molar-refractivity contribution in [1.29, 1.82) is 0 Å². The van der Waals surface area contributed by atoms with Crippen LogP contribution in [-0.4, -0.2) is 28.0 Å². The molecule has 0 unspecified atom stereocenters. The van der Waals surface area contributed by atoms with Gasteiger partial charge in [0.05, 0.1) is 24.6 Å². The number of rotatable bonds is 3. The van der Waals surface area contributed by atoms with Crippen LogP contribution in [0.5, 0.6) is 0 Å². The fraction of sp³-hybridized carbons (Fsp3) is 0.280. The minimum atomic E-state index is 0.0561. The Morgan fingerprint density at radius 2 is 2.03 bits per heavy atom. The summed E-state index contributed by atoms with van der Waals surface area (Å²) in [6, 6.07) is 14.4. The SMILES string of the molecule is CC(=O)N1c2ccc(-c3cn(C)cn3)cc2[C@H](Nc2ccc(C#CCN)cc2)C[C@@H]1C. The van der Waals surface area contributed by atoms with E-state index < -0.39 is 0 Å². The van der Waals surface area contributed by atoms with E-state index in [-0.39, 0.29) is 18.0 Å². The summed E-state index contributed by atoms with van der Waals surface area (Å²) >= 11 is 0. The summed E-state index contributed by atoms with van der Waals surface area (Å²) in [5, 5.41) is 3.66. The van der Waals surface area contributed by atoms with Crippen molar-refractivity contribution in [2.75, 3.05) is 16.8 Å². The molecule has 3 N–H and O–H groups in total. The number of amides is 1. The number of anilines is 2. The second-order valence-electron chi connectivity index (χ2n) is 7.95. The molecule has 0 fully saturated rings. The number of nitrogens with zero attached hydrogens (tertiary/aromatic N) is 3. The average molecular weight is 414 g/mol. The first-order valence-corrected chi connectivity index (χ1v) is 10.4. The topological polar surface area (TPSA) is 76.2 Å². The lowest BCUT2D eigenvalue weighted by Crippen LogP contribution is -2.43. The summed E-state index contributed by atoms with van der Waals surface area (Å²) in [6.45, 7) is 4.07. The summed E-state index contributed by atoms with van der Waals surface area (Å²) in [5.41, 5.74) is 11.4. The third kappa shape index (κ3) is 4.32.